The van der Waals surface area contributed by atoms with Gasteiger partial charge in [-0.15, -0.1) is 11.8 Å². The zero-order valence-electron chi connectivity index (χ0n) is 9.80. The van der Waals surface area contributed by atoms with Crippen LogP contribution in [-0.2, 0) is 10.5 Å². The van der Waals surface area contributed by atoms with Crippen LogP contribution in [0.4, 0.5) is 4.39 Å². The fraction of sp³-hybridized carbons (Fsp3) is 0.417. The van der Waals surface area contributed by atoms with E-state index in [-0.39, 0.29) is 17.8 Å². The molecule has 17 heavy (non-hydrogen) atoms. The van der Waals surface area contributed by atoms with E-state index in [1.165, 1.54) is 23.9 Å². The second kappa shape index (κ2) is 6.87. The highest BCUT2D eigenvalue weighted by atomic mass is 35.5. The Morgan fingerprint density at radius 3 is 2.82 bits per heavy atom. The Bertz CT molecular complexity index is 398. The molecule has 0 saturated carbocycles. The molecule has 1 N–H and O–H groups in total. The van der Waals surface area contributed by atoms with Crippen molar-refractivity contribution in [3.05, 3.63) is 34.6 Å². The lowest BCUT2D eigenvalue weighted by atomic mass is 10.2. The van der Waals surface area contributed by atoms with Crippen molar-refractivity contribution in [1.82, 2.24) is 5.32 Å². The minimum Gasteiger partial charge on any atom is -0.353 e. The Morgan fingerprint density at radius 2 is 2.24 bits per heavy atom. The van der Waals surface area contributed by atoms with Gasteiger partial charge in [-0.1, -0.05) is 17.7 Å². The van der Waals surface area contributed by atoms with E-state index in [9.17, 15) is 9.18 Å². The Kier molecular flexibility index (Phi) is 5.78. The summed E-state index contributed by atoms with van der Waals surface area (Å²) >= 11 is 7.33. The predicted octanol–water partition coefficient (Wildman–Crippen LogP) is 3.24. The number of rotatable bonds is 5. The molecular weight excluding hydrogens is 261 g/mol. The van der Waals surface area contributed by atoms with Crippen molar-refractivity contribution in [1.29, 1.82) is 0 Å². The van der Waals surface area contributed by atoms with Gasteiger partial charge in [0.2, 0.25) is 5.91 Å². The minimum absolute atomic E-state index is 0.00299. The van der Waals surface area contributed by atoms with Crippen molar-refractivity contribution in [2.24, 2.45) is 0 Å². The third-order valence-corrected chi connectivity index (χ3v) is 3.29. The minimum atomic E-state index is -0.346. The van der Waals surface area contributed by atoms with E-state index < -0.39 is 0 Å². The van der Waals surface area contributed by atoms with Gasteiger partial charge in [0.25, 0.3) is 0 Å². The first-order valence-electron chi connectivity index (χ1n) is 5.30. The van der Waals surface area contributed by atoms with Crippen LogP contribution in [-0.4, -0.2) is 17.7 Å². The maximum atomic E-state index is 12.8. The molecule has 0 unspecified atom stereocenters. The number of hydrogen-bond acceptors (Lipinski definition) is 2. The van der Waals surface area contributed by atoms with Gasteiger partial charge in [0.05, 0.1) is 5.75 Å². The standard InChI is InChI=1S/C12H15ClFNOS/c1-8(2)15-12(16)7-17-6-9-3-4-10(14)5-11(9)13/h3-5,8H,6-7H2,1-2H3,(H,15,16). The van der Waals surface area contributed by atoms with Gasteiger partial charge in [-0.25, -0.2) is 4.39 Å². The predicted molar refractivity (Wildman–Crippen MR) is 70.9 cm³/mol. The molecule has 0 aliphatic rings. The molecule has 0 saturated heterocycles. The largest absolute Gasteiger partial charge is 0.353 e. The normalized spacial score (nSPS) is 10.6. The van der Waals surface area contributed by atoms with E-state index >= 15 is 0 Å². The molecule has 0 aromatic heterocycles. The number of nitrogens with one attached hydrogen (secondary N) is 1. The van der Waals surface area contributed by atoms with E-state index in [1.807, 2.05) is 13.8 Å². The fourth-order valence-corrected chi connectivity index (χ4v) is 2.41. The van der Waals surface area contributed by atoms with Gasteiger partial charge in [-0.2, -0.15) is 0 Å². The zero-order chi connectivity index (χ0) is 12.8. The summed E-state index contributed by atoms with van der Waals surface area (Å²) in [5.41, 5.74) is 0.843. The first kappa shape index (κ1) is 14.3. The summed E-state index contributed by atoms with van der Waals surface area (Å²) in [6.45, 7) is 3.83. The van der Waals surface area contributed by atoms with E-state index in [4.69, 9.17) is 11.6 Å². The average molecular weight is 276 g/mol. The van der Waals surface area contributed by atoms with E-state index in [0.717, 1.165) is 5.56 Å². The van der Waals surface area contributed by atoms with E-state index in [1.54, 1.807) is 6.07 Å². The third kappa shape index (κ3) is 5.41. The number of carbonyl (C=O) groups excluding carboxylic acids is 1. The average Bonchev–Trinajstić information content (AvgIpc) is 2.20. The Balaban J connectivity index is 2.38. The van der Waals surface area contributed by atoms with Crippen LogP contribution in [0.25, 0.3) is 0 Å². The molecule has 0 aliphatic heterocycles. The summed E-state index contributed by atoms with van der Waals surface area (Å²) < 4.78 is 12.8. The highest BCUT2D eigenvalue weighted by Crippen LogP contribution is 2.21. The van der Waals surface area contributed by atoms with Gasteiger partial charge < -0.3 is 5.32 Å². The quantitative estimate of drug-likeness (QED) is 0.894. The van der Waals surface area contributed by atoms with Crippen molar-refractivity contribution in [2.45, 2.75) is 25.6 Å². The molecule has 0 spiro atoms. The number of hydrogen-bond donors (Lipinski definition) is 1. The second-order valence-corrected chi connectivity index (χ2v) is 5.34. The molecule has 1 rings (SSSR count). The van der Waals surface area contributed by atoms with Crippen molar-refractivity contribution >= 4 is 29.3 Å². The van der Waals surface area contributed by atoms with Crippen LogP contribution in [0.2, 0.25) is 5.02 Å². The molecule has 0 bridgehead atoms. The summed E-state index contributed by atoms with van der Waals surface area (Å²) in [5, 5.41) is 3.20. The molecule has 0 aliphatic carbocycles. The number of halogens is 2. The number of thioether (sulfide) groups is 1. The van der Waals surface area contributed by atoms with E-state index in [0.29, 0.717) is 16.5 Å². The lowest BCUT2D eigenvalue weighted by Crippen LogP contribution is -2.31. The SMILES string of the molecule is CC(C)NC(=O)CSCc1ccc(F)cc1Cl. The lowest BCUT2D eigenvalue weighted by molar-refractivity contribution is -0.119. The smallest absolute Gasteiger partial charge is 0.230 e. The van der Waals surface area contributed by atoms with Crippen molar-refractivity contribution < 1.29 is 9.18 Å². The molecule has 0 heterocycles. The van der Waals surface area contributed by atoms with Crippen molar-refractivity contribution in [3.63, 3.8) is 0 Å². The number of carbonyl (C=O) groups is 1. The van der Waals surface area contributed by atoms with Gasteiger partial charge in [0.1, 0.15) is 5.82 Å². The van der Waals surface area contributed by atoms with Gasteiger partial charge >= 0.3 is 0 Å². The molecule has 5 heteroatoms. The molecule has 1 aromatic carbocycles. The molecule has 1 amide bonds. The van der Waals surface area contributed by atoms with Crippen LogP contribution in [0.5, 0.6) is 0 Å². The van der Waals surface area contributed by atoms with Gasteiger partial charge in [-0.05, 0) is 31.5 Å². The summed E-state index contributed by atoms with van der Waals surface area (Å²) in [4.78, 5) is 11.4. The van der Waals surface area contributed by atoms with Crippen LogP contribution in [0.15, 0.2) is 18.2 Å². The Hall–Kier alpha value is -0.740. The van der Waals surface area contributed by atoms with Gasteiger partial charge in [0, 0.05) is 16.8 Å². The summed E-state index contributed by atoms with van der Waals surface area (Å²) in [5.74, 6) is 0.640. The molecule has 94 valence electrons. The molecule has 0 fully saturated rings. The maximum absolute atomic E-state index is 12.8. The highest BCUT2D eigenvalue weighted by molar-refractivity contribution is 7.99. The Labute approximate surface area is 110 Å². The first-order valence-corrected chi connectivity index (χ1v) is 6.83. The third-order valence-electron chi connectivity index (χ3n) is 1.96. The fourth-order valence-electron chi connectivity index (χ4n) is 1.26. The van der Waals surface area contributed by atoms with E-state index in [2.05, 4.69) is 5.32 Å². The highest BCUT2D eigenvalue weighted by Gasteiger charge is 2.06. The molecular formula is C12H15ClFNOS. The molecule has 0 radical (unpaired) electrons. The molecule has 1 aromatic rings. The van der Waals surface area contributed by atoms with Crippen molar-refractivity contribution in [3.8, 4) is 0 Å². The van der Waals surface area contributed by atoms with Crippen LogP contribution in [0, 0.1) is 5.82 Å². The number of amides is 1. The van der Waals surface area contributed by atoms with Crippen molar-refractivity contribution in [2.75, 3.05) is 5.75 Å². The maximum Gasteiger partial charge on any atom is 0.230 e. The van der Waals surface area contributed by atoms with Crippen LogP contribution in [0.1, 0.15) is 19.4 Å². The van der Waals surface area contributed by atoms with Gasteiger partial charge in [0.15, 0.2) is 0 Å². The van der Waals surface area contributed by atoms with Crippen LogP contribution < -0.4 is 5.32 Å². The zero-order valence-corrected chi connectivity index (χ0v) is 11.4. The summed E-state index contributed by atoms with van der Waals surface area (Å²) in [6, 6.07) is 4.45. The second-order valence-electron chi connectivity index (χ2n) is 3.95. The summed E-state index contributed by atoms with van der Waals surface area (Å²) in [7, 11) is 0. The Morgan fingerprint density at radius 1 is 1.53 bits per heavy atom. The lowest BCUT2D eigenvalue weighted by Gasteiger charge is -2.08. The van der Waals surface area contributed by atoms with Crippen LogP contribution >= 0.6 is 23.4 Å². The topological polar surface area (TPSA) is 29.1 Å². The number of benzene rings is 1. The van der Waals surface area contributed by atoms with Crippen LogP contribution in [0.3, 0.4) is 0 Å². The first-order chi connectivity index (χ1) is 7.99. The summed E-state index contributed by atoms with van der Waals surface area (Å²) in [6.07, 6.45) is 0. The molecule has 0 atom stereocenters. The monoisotopic (exact) mass is 275 g/mol. The molecule has 2 nitrogen and oxygen atoms in total. The van der Waals surface area contributed by atoms with Gasteiger partial charge in [-0.3, -0.25) is 4.79 Å².